The molecule has 2 heterocycles. The summed E-state index contributed by atoms with van der Waals surface area (Å²) in [5, 5.41) is 5.14. The number of benzene rings is 1. The summed E-state index contributed by atoms with van der Waals surface area (Å²) >= 11 is 0. The molecule has 0 bridgehead atoms. The number of nitrogens with zero attached hydrogens (tertiary/aromatic N) is 1. The summed E-state index contributed by atoms with van der Waals surface area (Å²) in [6.45, 7) is 4.27. The van der Waals surface area contributed by atoms with E-state index in [0.29, 0.717) is 23.6 Å². The molecule has 0 aromatic heterocycles. The predicted octanol–water partition coefficient (Wildman–Crippen LogP) is 1.01. The fourth-order valence-electron chi connectivity index (χ4n) is 2.77. The topological polar surface area (TPSA) is 123 Å². The lowest BCUT2D eigenvalue weighted by Gasteiger charge is -2.19. The Bertz CT molecular complexity index is 840. The average Bonchev–Trinajstić information content (AvgIpc) is 3.20. The van der Waals surface area contributed by atoms with E-state index in [0.717, 1.165) is 4.90 Å². The highest BCUT2D eigenvalue weighted by atomic mass is 16.7. The molecule has 1 aromatic rings. The Labute approximate surface area is 161 Å². The molecule has 0 unspecified atom stereocenters. The van der Waals surface area contributed by atoms with Crippen molar-refractivity contribution in [2.45, 2.75) is 38.8 Å². The fraction of sp³-hybridized carbons (Fsp3) is 0.444. The molecule has 1 saturated heterocycles. The van der Waals surface area contributed by atoms with Gasteiger partial charge in [-0.15, -0.1) is 0 Å². The van der Waals surface area contributed by atoms with Crippen LogP contribution in [0.5, 0.6) is 11.5 Å². The van der Waals surface area contributed by atoms with Crippen LogP contribution in [0, 0.1) is 0 Å². The third kappa shape index (κ3) is 3.71. The van der Waals surface area contributed by atoms with Crippen LogP contribution >= 0.6 is 0 Å². The number of carbonyl (C=O) groups is 4. The molecule has 3 rings (SSSR count). The van der Waals surface area contributed by atoms with Crippen LogP contribution in [-0.4, -0.2) is 53.7 Å². The summed E-state index contributed by atoms with van der Waals surface area (Å²) in [6, 6.07) is 4.20. The zero-order valence-electron chi connectivity index (χ0n) is 15.7. The van der Waals surface area contributed by atoms with Gasteiger partial charge in [0.2, 0.25) is 6.79 Å². The number of fused-ring (bicyclic) bond motifs is 1. The van der Waals surface area contributed by atoms with E-state index in [2.05, 4.69) is 10.6 Å². The van der Waals surface area contributed by atoms with Crippen molar-refractivity contribution < 1.29 is 33.4 Å². The molecular formula is C18H21N3O7. The van der Waals surface area contributed by atoms with E-state index in [1.165, 1.54) is 6.92 Å². The molecule has 1 fully saturated rings. The SMILES string of the molecule is CC[C@@]1(C)NC(=O)N(CC(=O)O[C@H](C)C(=O)Nc2ccc3c(c2)OCO3)C1=O. The van der Waals surface area contributed by atoms with Crippen molar-refractivity contribution in [1.29, 1.82) is 0 Å². The summed E-state index contributed by atoms with van der Waals surface area (Å²) in [5.41, 5.74) is -0.593. The normalized spacial score (nSPS) is 21.3. The summed E-state index contributed by atoms with van der Waals surface area (Å²) < 4.78 is 15.5. The maximum atomic E-state index is 12.3. The molecule has 10 heteroatoms. The maximum absolute atomic E-state index is 12.3. The second kappa shape index (κ2) is 7.37. The van der Waals surface area contributed by atoms with Gasteiger partial charge in [0, 0.05) is 11.8 Å². The Morgan fingerprint density at radius 3 is 2.71 bits per heavy atom. The quantitative estimate of drug-likeness (QED) is 0.548. The zero-order valence-corrected chi connectivity index (χ0v) is 15.7. The van der Waals surface area contributed by atoms with Gasteiger partial charge in [-0.2, -0.15) is 0 Å². The molecule has 0 aliphatic carbocycles. The van der Waals surface area contributed by atoms with E-state index >= 15 is 0 Å². The van der Waals surface area contributed by atoms with Gasteiger partial charge >= 0.3 is 12.0 Å². The van der Waals surface area contributed by atoms with Gasteiger partial charge in [-0.1, -0.05) is 6.92 Å². The highest BCUT2D eigenvalue weighted by molar-refractivity contribution is 6.08. The largest absolute Gasteiger partial charge is 0.454 e. The van der Waals surface area contributed by atoms with Crippen molar-refractivity contribution in [3.63, 3.8) is 0 Å². The van der Waals surface area contributed by atoms with Gasteiger partial charge in [0.1, 0.15) is 12.1 Å². The van der Waals surface area contributed by atoms with Gasteiger partial charge in [-0.25, -0.2) is 4.79 Å². The third-order valence-electron chi connectivity index (χ3n) is 4.66. The molecule has 28 heavy (non-hydrogen) atoms. The predicted molar refractivity (Wildman–Crippen MR) is 95.7 cm³/mol. The third-order valence-corrected chi connectivity index (χ3v) is 4.66. The Morgan fingerprint density at radius 2 is 2.04 bits per heavy atom. The molecule has 1 aromatic carbocycles. The summed E-state index contributed by atoms with van der Waals surface area (Å²) in [4.78, 5) is 49.4. The molecule has 0 saturated carbocycles. The fourth-order valence-corrected chi connectivity index (χ4v) is 2.77. The number of urea groups is 1. The first-order chi connectivity index (χ1) is 13.2. The zero-order chi connectivity index (χ0) is 20.5. The van der Waals surface area contributed by atoms with E-state index in [4.69, 9.17) is 14.2 Å². The minimum absolute atomic E-state index is 0.112. The highest BCUT2D eigenvalue weighted by Gasteiger charge is 2.47. The lowest BCUT2D eigenvalue weighted by atomic mass is 9.99. The Morgan fingerprint density at radius 1 is 1.32 bits per heavy atom. The maximum Gasteiger partial charge on any atom is 0.327 e. The van der Waals surface area contributed by atoms with E-state index in [-0.39, 0.29) is 6.79 Å². The van der Waals surface area contributed by atoms with Crippen molar-refractivity contribution in [2.24, 2.45) is 0 Å². The van der Waals surface area contributed by atoms with Gasteiger partial charge in [-0.05, 0) is 32.4 Å². The summed E-state index contributed by atoms with van der Waals surface area (Å²) in [7, 11) is 0. The number of hydrogen-bond acceptors (Lipinski definition) is 7. The smallest absolute Gasteiger partial charge is 0.327 e. The Balaban J connectivity index is 1.54. The van der Waals surface area contributed by atoms with Gasteiger partial charge in [0.15, 0.2) is 17.6 Å². The summed E-state index contributed by atoms with van der Waals surface area (Å²) in [6.07, 6.45) is -0.742. The van der Waals surface area contributed by atoms with Crippen LogP contribution in [0.25, 0.3) is 0 Å². The van der Waals surface area contributed by atoms with Gasteiger partial charge in [0.25, 0.3) is 11.8 Å². The molecule has 0 radical (unpaired) electrons. The number of imide groups is 1. The Kier molecular flexibility index (Phi) is 5.12. The number of amides is 4. The van der Waals surface area contributed by atoms with Gasteiger partial charge in [0.05, 0.1) is 0 Å². The van der Waals surface area contributed by atoms with E-state index in [9.17, 15) is 19.2 Å². The molecule has 4 amide bonds. The molecule has 0 spiro atoms. The van der Waals surface area contributed by atoms with Crippen molar-refractivity contribution in [3.05, 3.63) is 18.2 Å². The molecule has 2 N–H and O–H groups in total. The van der Waals surface area contributed by atoms with Crippen LogP contribution in [0.3, 0.4) is 0 Å². The van der Waals surface area contributed by atoms with Crippen LogP contribution in [0.15, 0.2) is 18.2 Å². The molecule has 150 valence electrons. The number of carbonyl (C=O) groups excluding carboxylic acids is 4. The lowest BCUT2D eigenvalue weighted by molar-refractivity contribution is -0.155. The highest BCUT2D eigenvalue weighted by Crippen LogP contribution is 2.34. The second-order valence-corrected chi connectivity index (χ2v) is 6.70. The molecule has 2 aliphatic rings. The number of anilines is 1. The van der Waals surface area contributed by atoms with Crippen molar-refractivity contribution in [3.8, 4) is 11.5 Å². The number of esters is 1. The van der Waals surface area contributed by atoms with E-state index in [1.807, 2.05) is 0 Å². The van der Waals surface area contributed by atoms with Crippen molar-refractivity contribution >= 4 is 29.5 Å². The van der Waals surface area contributed by atoms with Crippen molar-refractivity contribution in [2.75, 3.05) is 18.7 Å². The molecular weight excluding hydrogens is 370 g/mol. The van der Waals surface area contributed by atoms with Crippen LogP contribution in [-0.2, 0) is 19.1 Å². The molecule has 10 nitrogen and oxygen atoms in total. The van der Waals surface area contributed by atoms with E-state index in [1.54, 1.807) is 32.0 Å². The van der Waals surface area contributed by atoms with Gasteiger partial charge in [-0.3, -0.25) is 19.3 Å². The number of hydrogen-bond donors (Lipinski definition) is 2. The first-order valence-electron chi connectivity index (χ1n) is 8.77. The van der Waals surface area contributed by atoms with E-state index < -0.39 is 42.0 Å². The van der Waals surface area contributed by atoms with Crippen LogP contribution < -0.4 is 20.1 Å². The number of ether oxygens (including phenoxy) is 3. The minimum atomic E-state index is -1.13. The second-order valence-electron chi connectivity index (χ2n) is 6.70. The lowest BCUT2D eigenvalue weighted by Crippen LogP contribution is -2.44. The standard InChI is InChI=1S/C18H21N3O7/c1-4-18(3)16(24)21(17(25)20-18)8-14(22)28-10(2)15(23)19-11-5-6-12-13(7-11)27-9-26-12/h5-7,10H,4,8-9H2,1-3H3,(H,19,23)(H,20,25)/t10-,18-/m1/s1. The van der Waals surface area contributed by atoms with Crippen LogP contribution in [0.1, 0.15) is 27.2 Å². The average molecular weight is 391 g/mol. The first-order valence-corrected chi connectivity index (χ1v) is 8.77. The first kappa shape index (κ1) is 19.5. The summed E-state index contributed by atoms with van der Waals surface area (Å²) in [5.74, 6) is -0.862. The van der Waals surface area contributed by atoms with Crippen LogP contribution in [0.2, 0.25) is 0 Å². The number of nitrogens with one attached hydrogen (secondary N) is 2. The van der Waals surface area contributed by atoms with Gasteiger partial charge < -0.3 is 24.8 Å². The molecule has 2 atom stereocenters. The minimum Gasteiger partial charge on any atom is -0.454 e. The molecule has 2 aliphatic heterocycles. The Hall–Kier alpha value is -3.30. The van der Waals surface area contributed by atoms with Crippen LogP contribution in [0.4, 0.5) is 10.5 Å². The monoisotopic (exact) mass is 391 g/mol. The van der Waals surface area contributed by atoms with Crippen molar-refractivity contribution in [1.82, 2.24) is 10.2 Å². The number of rotatable bonds is 6.